The summed E-state index contributed by atoms with van der Waals surface area (Å²) in [5, 5.41) is 11.7. The van der Waals surface area contributed by atoms with E-state index >= 15 is 0 Å². The number of carbonyl (C=O) groups excluding carboxylic acids is 3. The zero-order valence-electron chi connectivity index (χ0n) is 9.58. The lowest BCUT2D eigenvalue weighted by Crippen LogP contribution is -2.58. The van der Waals surface area contributed by atoms with Crippen molar-refractivity contribution in [2.75, 3.05) is 6.54 Å². The molecule has 1 aliphatic heterocycles. The summed E-state index contributed by atoms with van der Waals surface area (Å²) in [6, 6.07) is 2.01. The molecule has 1 atom stereocenters. The largest absolute Gasteiger partial charge is 0.505 e. The van der Waals surface area contributed by atoms with E-state index in [2.05, 4.69) is 10.3 Å². The molecule has 3 amide bonds. The summed E-state index contributed by atoms with van der Waals surface area (Å²) in [5.74, 6) is -2.03. The van der Waals surface area contributed by atoms with Crippen LogP contribution in [0.15, 0.2) is 18.3 Å². The molecule has 1 unspecified atom stereocenters. The minimum Gasteiger partial charge on any atom is -0.505 e. The van der Waals surface area contributed by atoms with Crippen molar-refractivity contribution in [2.45, 2.75) is 13.0 Å². The Morgan fingerprint density at radius 3 is 2.94 bits per heavy atom. The van der Waals surface area contributed by atoms with Gasteiger partial charge in [0.1, 0.15) is 18.3 Å². The van der Waals surface area contributed by atoms with E-state index in [1.54, 1.807) is 0 Å². The van der Waals surface area contributed by atoms with Crippen molar-refractivity contribution in [1.82, 2.24) is 15.2 Å². The molecule has 1 aromatic heterocycles. The van der Waals surface area contributed by atoms with Gasteiger partial charge in [-0.3, -0.25) is 19.7 Å². The van der Waals surface area contributed by atoms with Crippen LogP contribution in [0.1, 0.15) is 17.4 Å². The molecule has 7 nitrogen and oxygen atoms in total. The molecule has 1 aromatic rings. The lowest BCUT2D eigenvalue weighted by Gasteiger charge is -2.31. The molecule has 2 N–H and O–H groups in total. The van der Waals surface area contributed by atoms with Gasteiger partial charge in [0, 0.05) is 6.20 Å². The number of aromatic nitrogens is 1. The van der Waals surface area contributed by atoms with Crippen LogP contribution in [-0.4, -0.2) is 45.3 Å². The third kappa shape index (κ3) is 2.02. The number of hydrogen-bond donors (Lipinski definition) is 2. The summed E-state index contributed by atoms with van der Waals surface area (Å²) in [5.41, 5.74) is -0.174. The number of nitrogens with zero attached hydrogens (tertiary/aromatic N) is 2. The van der Waals surface area contributed by atoms with Crippen LogP contribution < -0.4 is 5.32 Å². The van der Waals surface area contributed by atoms with Gasteiger partial charge in [-0.25, -0.2) is 4.98 Å². The first kappa shape index (κ1) is 12.0. The van der Waals surface area contributed by atoms with E-state index in [9.17, 15) is 19.5 Å². The molecule has 0 saturated carbocycles. The zero-order chi connectivity index (χ0) is 13.3. The summed E-state index contributed by atoms with van der Waals surface area (Å²) < 4.78 is 0. The predicted molar refractivity (Wildman–Crippen MR) is 59.6 cm³/mol. The Morgan fingerprint density at radius 2 is 2.28 bits per heavy atom. The van der Waals surface area contributed by atoms with Gasteiger partial charge in [-0.1, -0.05) is 0 Å². The molecule has 0 spiro atoms. The number of carbonyl (C=O) groups is 3. The second-order valence-electron chi connectivity index (χ2n) is 3.89. The van der Waals surface area contributed by atoms with Gasteiger partial charge in [-0.05, 0) is 19.1 Å². The van der Waals surface area contributed by atoms with E-state index in [1.165, 1.54) is 25.3 Å². The van der Waals surface area contributed by atoms with E-state index in [-0.39, 0.29) is 18.0 Å². The molecule has 0 bridgehead atoms. The molecule has 7 heteroatoms. The Bertz CT molecular complexity index is 529. The third-order valence-corrected chi connectivity index (χ3v) is 2.67. The van der Waals surface area contributed by atoms with Crippen LogP contribution in [0.3, 0.4) is 0 Å². The summed E-state index contributed by atoms with van der Waals surface area (Å²) in [6.07, 6.45) is 1.35. The van der Waals surface area contributed by atoms with Crippen LogP contribution in [0.4, 0.5) is 0 Å². The maximum Gasteiger partial charge on any atom is 0.277 e. The molecule has 1 saturated heterocycles. The lowest BCUT2D eigenvalue weighted by molar-refractivity contribution is -0.138. The van der Waals surface area contributed by atoms with Gasteiger partial charge in [0.2, 0.25) is 11.8 Å². The van der Waals surface area contributed by atoms with Gasteiger partial charge in [0.05, 0.1) is 0 Å². The van der Waals surface area contributed by atoms with E-state index in [4.69, 9.17) is 0 Å². The minimum absolute atomic E-state index is 0.174. The van der Waals surface area contributed by atoms with E-state index in [1.807, 2.05) is 0 Å². The highest BCUT2D eigenvalue weighted by molar-refractivity contribution is 6.07. The minimum atomic E-state index is -0.781. The molecule has 0 aliphatic carbocycles. The predicted octanol–water partition coefficient (Wildman–Crippen LogP) is -0.726. The quantitative estimate of drug-likeness (QED) is 0.639. The molecule has 1 fully saturated rings. The topological polar surface area (TPSA) is 99.6 Å². The smallest absolute Gasteiger partial charge is 0.277 e. The molecule has 18 heavy (non-hydrogen) atoms. The fourth-order valence-corrected chi connectivity index (χ4v) is 1.66. The molecule has 1 aliphatic rings. The number of imide groups is 1. The molecule has 94 valence electrons. The SMILES string of the molecule is CC1C(=O)NC(=O)CN1C(=O)c1ncccc1O. The van der Waals surface area contributed by atoms with Gasteiger partial charge in [-0.15, -0.1) is 0 Å². The van der Waals surface area contributed by atoms with Crippen LogP contribution in [0.5, 0.6) is 5.75 Å². The molecule has 0 aromatic carbocycles. The van der Waals surface area contributed by atoms with Crippen LogP contribution in [0.25, 0.3) is 0 Å². The van der Waals surface area contributed by atoms with Gasteiger partial charge < -0.3 is 10.0 Å². The van der Waals surface area contributed by atoms with E-state index in [0.717, 1.165) is 4.90 Å². The van der Waals surface area contributed by atoms with Crippen LogP contribution >= 0.6 is 0 Å². The molecular weight excluding hydrogens is 238 g/mol. The number of rotatable bonds is 1. The molecular formula is C11H11N3O4. The Balaban J connectivity index is 2.31. The highest BCUT2D eigenvalue weighted by Crippen LogP contribution is 2.17. The van der Waals surface area contributed by atoms with Crippen LogP contribution in [0, 0.1) is 0 Å². The number of amides is 3. The third-order valence-electron chi connectivity index (χ3n) is 2.67. The van der Waals surface area contributed by atoms with E-state index < -0.39 is 23.8 Å². The maximum absolute atomic E-state index is 12.1. The van der Waals surface area contributed by atoms with Crippen molar-refractivity contribution in [1.29, 1.82) is 0 Å². The first-order valence-corrected chi connectivity index (χ1v) is 5.29. The van der Waals surface area contributed by atoms with Crippen molar-refractivity contribution in [3.05, 3.63) is 24.0 Å². The summed E-state index contributed by atoms with van der Waals surface area (Å²) in [7, 11) is 0. The van der Waals surface area contributed by atoms with Gasteiger partial charge in [0.15, 0.2) is 5.69 Å². The Hall–Kier alpha value is -2.44. The van der Waals surface area contributed by atoms with Gasteiger partial charge in [-0.2, -0.15) is 0 Å². The Kier molecular flexibility index (Phi) is 2.97. The van der Waals surface area contributed by atoms with Crippen LogP contribution in [-0.2, 0) is 9.59 Å². The average molecular weight is 249 g/mol. The number of nitrogens with one attached hydrogen (secondary N) is 1. The van der Waals surface area contributed by atoms with Crippen LogP contribution in [0.2, 0.25) is 0 Å². The highest BCUT2D eigenvalue weighted by Gasteiger charge is 2.35. The normalized spacial score (nSPS) is 19.6. The summed E-state index contributed by atoms with van der Waals surface area (Å²) >= 11 is 0. The zero-order valence-corrected chi connectivity index (χ0v) is 9.58. The first-order valence-electron chi connectivity index (χ1n) is 5.29. The van der Waals surface area contributed by atoms with Crippen molar-refractivity contribution < 1.29 is 19.5 Å². The molecule has 2 heterocycles. The maximum atomic E-state index is 12.1. The van der Waals surface area contributed by atoms with Crippen molar-refractivity contribution in [2.24, 2.45) is 0 Å². The number of aromatic hydroxyl groups is 1. The van der Waals surface area contributed by atoms with Crippen molar-refractivity contribution >= 4 is 17.7 Å². The lowest BCUT2D eigenvalue weighted by atomic mass is 10.1. The Morgan fingerprint density at radius 1 is 1.56 bits per heavy atom. The monoisotopic (exact) mass is 249 g/mol. The fraction of sp³-hybridized carbons (Fsp3) is 0.273. The standard InChI is InChI=1S/C11H11N3O4/c1-6-10(17)13-8(16)5-14(6)11(18)9-7(15)3-2-4-12-9/h2-4,6,15H,5H2,1H3,(H,13,16,17). The second-order valence-corrected chi connectivity index (χ2v) is 3.89. The highest BCUT2D eigenvalue weighted by atomic mass is 16.3. The summed E-state index contributed by atoms with van der Waals surface area (Å²) in [4.78, 5) is 39.6. The Labute approximate surface area is 102 Å². The van der Waals surface area contributed by atoms with Gasteiger partial charge >= 0.3 is 0 Å². The number of pyridine rings is 1. The average Bonchev–Trinajstić information content (AvgIpc) is 2.33. The number of piperazine rings is 1. The van der Waals surface area contributed by atoms with E-state index in [0.29, 0.717) is 0 Å². The second kappa shape index (κ2) is 4.44. The van der Waals surface area contributed by atoms with Crippen molar-refractivity contribution in [3.8, 4) is 5.75 Å². The molecule has 2 rings (SSSR count). The fourth-order valence-electron chi connectivity index (χ4n) is 1.66. The van der Waals surface area contributed by atoms with Gasteiger partial charge in [0.25, 0.3) is 5.91 Å². The molecule has 0 radical (unpaired) electrons. The van der Waals surface area contributed by atoms with Crippen molar-refractivity contribution in [3.63, 3.8) is 0 Å². The summed E-state index contributed by atoms with van der Waals surface area (Å²) in [6.45, 7) is 1.27. The number of hydrogen-bond acceptors (Lipinski definition) is 5. The first-order chi connectivity index (χ1) is 8.50.